The molecule has 2 N–H and O–H groups in total. The van der Waals surface area contributed by atoms with Gasteiger partial charge in [-0.1, -0.05) is 30.3 Å². The van der Waals surface area contributed by atoms with Crippen molar-refractivity contribution in [3.63, 3.8) is 0 Å². The predicted octanol–water partition coefficient (Wildman–Crippen LogP) is 2.84. The number of hydrogen-bond donors (Lipinski definition) is 2. The molecule has 140 valence electrons. The van der Waals surface area contributed by atoms with Crippen LogP contribution in [0.5, 0.6) is 0 Å². The fourth-order valence-electron chi connectivity index (χ4n) is 1.81. The van der Waals surface area contributed by atoms with Gasteiger partial charge in [0.25, 0.3) is 0 Å². The van der Waals surface area contributed by atoms with Crippen molar-refractivity contribution in [2.45, 2.75) is 45.9 Å². The summed E-state index contributed by atoms with van der Waals surface area (Å²) in [4.78, 5) is 23.1. The third-order valence-electron chi connectivity index (χ3n) is 2.86. The van der Waals surface area contributed by atoms with Crippen molar-refractivity contribution >= 4 is 12.2 Å². The highest BCUT2D eigenvalue weighted by Gasteiger charge is 2.15. The van der Waals surface area contributed by atoms with Gasteiger partial charge < -0.3 is 24.8 Å². The van der Waals surface area contributed by atoms with Crippen LogP contribution in [-0.4, -0.2) is 43.6 Å². The Hall–Kier alpha value is -2.28. The highest BCUT2D eigenvalue weighted by molar-refractivity contribution is 5.67. The van der Waals surface area contributed by atoms with E-state index in [2.05, 4.69) is 10.6 Å². The van der Waals surface area contributed by atoms with E-state index < -0.39 is 17.8 Å². The van der Waals surface area contributed by atoms with E-state index in [1.165, 1.54) is 0 Å². The summed E-state index contributed by atoms with van der Waals surface area (Å²) in [6.45, 7) is 8.40. The van der Waals surface area contributed by atoms with E-state index in [4.69, 9.17) is 14.2 Å². The molecule has 2 amide bonds. The van der Waals surface area contributed by atoms with Crippen LogP contribution < -0.4 is 10.6 Å². The van der Waals surface area contributed by atoms with Crippen molar-refractivity contribution in [1.29, 1.82) is 0 Å². The maximum atomic E-state index is 11.7. The Kier molecular flexibility index (Phi) is 8.77. The Balaban J connectivity index is 2.07. The first-order valence-corrected chi connectivity index (χ1v) is 8.28. The first kappa shape index (κ1) is 20.8. The van der Waals surface area contributed by atoms with Crippen LogP contribution in [0.3, 0.4) is 0 Å². The van der Waals surface area contributed by atoms with Gasteiger partial charge in [-0.25, -0.2) is 9.59 Å². The number of carbonyl (C=O) groups is 2. The van der Waals surface area contributed by atoms with Crippen LogP contribution in [0.15, 0.2) is 30.3 Å². The van der Waals surface area contributed by atoms with Crippen LogP contribution in [0.1, 0.15) is 33.3 Å². The molecule has 0 fully saturated rings. The minimum absolute atomic E-state index is 0.204. The molecule has 0 heterocycles. The van der Waals surface area contributed by atoms with Gasteiger partial charge in [0.15, 0.2) is 0 Å². The Labute approximate surface area is 149 Å². The summed E-state index contributed by atoms with van der Waals surface area (Å²) < 4.78 is 15.6. The third kappa shape index (κ3) is 11.0. The van der Waals surface area contributed by atoms with Crippen LogP contribution in [0, 0.1) is 0 Å². The van der Waals surface area contributed by atoms with Gasteiger partial charge in [-0.2, -0.15) is 0 Å². The molecule has 0 aliphatic heterocycles. The summed E-state index contributed by atoms with van der Waals surface area (Å²) in [5.74, 6) is 0. The molecule has 7 heteroatoms. The standard InChI is InChI=1S/C18H28N2O5/c1-14(12-23-11-10-19-16(21)25-18(2,3)4)20-17(22)24-13-15-8-6-5-7-9-15/h5-9,14H,10-13H2,1-4H3,(H,19,21)(H,20,22)/t14-/m0/s1. The lowest BCUT2D eigenvalue weighted by Crippen LogP contribution is -2.37. The van der Waals surface area contributed by atoms with E-state index in [0.717, 1.165) is 5.56 Å². The highest BCUT2D eigenvalue weighted by Crippen LogP contribution is 2.06. The summed E-state index contributed by atoms with van der Waals surface area (Å²) in [7, 11) is 0. The van der Waals surface area contributed by atoms with Crippen molar-refractivity contribution < 1.29 is 23.8 Å². The number of carbonyl (C=O) groups excluding carboxylic acids is 2. The average molecular weight is 352 g/mol. The Morgan fingerprint density at radius 2 is 1.80 bits per heavy atom. The largest absolute Gasteiger partial charge is 0.445 e. The molecule has 1 rings (SSSR count). The number of nitrogens with one attached hydrogen (secondary N) is 2. The first-order chi connectivity index (χ1) is 11.8. The second-order valence-electron chi connectivity index (χ2n) is 6.61. The molecule has 0 aromatic heterocycles. The van der Waals surface area contributed by atoms with E-state index >= 15 is 0 Å². The van der Waals surface area contributed by atoms with E-state index in [-0.39, 0.29) is 12.6 Å². The fraction of sp³-hybridized carbons (Fsp3) is 0.556. The van der Waals surface area contributed by atoms with Gasteiger partial charge in [-0.05, 0) is 33.3 Å². The van der Waals surface area contributed by atoms with Gasteiger partial charge >= 0.3 is 12.2 Å². The quantitative estimate of drug-likeness (QED) is 0.703. The molecule has 1 aromatic rings. The summed E-state index contributed by atoms with van der Waals surface area (Å²) in [5.41, 5.74) is 0.401. The SMILES string of the molecule is C[C@@H](COCCNC(=O)OC(C)(C)C)NC(=O)OCc1ccccc1. The Morgan fingerprint density at radius 3 is 2.44 bits per heavy atom. The Morgan fingerprint density at radius 1 is 1.12 bits per heavy atom. The Bertz CT molecular complexity index is 528. The number of ether oxygens (including phenoxy) is 3. The van der Waals surface area contributed by atoms with Gasteiger partial charge in [0.1, 0.15) is 12.2 Å². The molecule has 0 bridgehead atoms. The van der Waals surface area contributed by atoms with Crippen LogP contribution in [0.2, 0.25) is 0 Å². The normalized spacial score (nSPS) is 12.2. The molecule has 0 saturated carbocycles. The maximum absolute atomic E-state index is 11.7. The van der Waals surface area contributed by atoms with Crippen molar-refractivity contribution in [3.8, 4) is 0 Å². The van der Waals surface area contributed by atoms with Crippen LogP contribution in [-0.2, 0) is 20.8 Å². The zero-order chi connectivity index (χ0) is 18.7. The minimum Gasteiger partial charge on any atom is -0.445 e. The summed E-state index contributed by atoms with van der Waals surface area (Å²) >= 11 is 0. The van der Waals surface area contributed by atoms with Crippen molar-refractivity contribution in [2.75, 3.05) is 19.8 Å². The molecule has 0 radical (unpaired) electrons. The van der Waals surface area contributed by atoms with Gasteiger partial charge in [-0.15, -0.1) is 0 Å². The van der Waals surface area contributed by atoms with Crippen molar-refractivity contribution in [2.24, 2.45) is 0 Å². The second-order valence-corrected chi connectivity index (χ2v) is 6.61. The summed E-state index contributed by atoms with van der Waals surface area (Å²) in [6.07, 6.45) is -0.974. The maximum Gasteiger partial charge on any atom is 0.407 e. The smallest absolute Gasteiger partial charge is 0.407 e. The van der Waals surface area contributed by atoms with Crippen molar-refractivity contribution in [1.82, 2.24) is 10.6 Å². The number of benzene rings is 1. The fourth-order valence-corrected chi connectivity index (χ4v) is 1.81. The monoisotopic (exact) mass is 352 g/mol. The molecule has 0 unspecified atom stereocenters. The minimum atomic E-state index is -0.524. The molecule has 0 aliphatic carbocycles. The lowest BCUT2D eigenvalue weighted by atomic mass is 10.2. The predicted molar refractivity (Wildman–Crippen MR) is 94.3 cm³/mol. The average Bonchev–Trinajstić information content (AvgIpc) is 2.52. The van der Waals surface area contributed by atoms with Crippen molar-refractivity contribution in [3.05, 3.63) is 35.9 Å². The van der Waals surface area contributed by atoms with Crippen LogP contribution in [0.25, 0.3) is 0 Å². The van der Waals surface area contributed by atoms with E-state index in [0.29, 0.717) is 19.8 Å². The molecule has 25 heavy (non-hydrogen) atoms. The number of hydrogen-bond acceptors (Lipinski definition) is 5. The summed E-state index contributed by atoms with van der Waals surface area (Å²) in [6, 6.07) is 9.25. The molecule has 0 spiro atoms. The molecule has 7 nitrogen and oxygen atoms in total. The lowest BCUT2D eigenvalue weighted by molar-refractivity contribution is 0.0493. The van der Waals surface area contributed by atoms with Gasteiger partial charge in [0.2, 0.25) is 0 Å². The van der Waals surface area contributed by atoms with E-state index in [9.17, 15) is 9.59 Å². The zero-order valence-corrected chi connectivity index (χ0v) is 15.3. The first-order valence-electron chi connectivity index (χ1n) is 8.28. The van der Waals surface area contributed by atoms with Gasteiger partial charge in [-0.3, -0.25) is 0 Å². The van der Waals surface area contributed by atoms with Gasteiger partial charge in [0.05, 0.1) is 19.3 Å². The zero-order valence-electron chi connectivity index (χ0n) is 15.3. The molecule has 1 aromatic carbocycles. The number of amides is 2. The number of alkyl carbamates (subject to hydrolysis) is 2. The van der Waals surface area contributed by atoms with E-state index in [1.807, 2.05) is 37.3 Å². The van der Waals surface area contributed by atoms with Gasteiger partial charge in [0, 0.05) is 6.54 Å². The van der Waals surface area contributed by atoms with Crippen LogP contribution in [0.4, 0.5) is 9.59 Å². The third-order valence-corrected chi connectivity index (χ3v) is 2.86. The molecular weight excluding hydrogens is 324 g/mol. The highest BCUT2D eigenvalue weighted by atomic mass is 16.6. The second kappa shape index (κ2) is 10.6. The molecule has 0 aliphatic rings. The topological polar surface area (TPSA) is 85.9 Å². The molecular formula is C18H28N2O5. The molecule has 0 saturated heterocycles. The summed E-state index contributed by atoms with van der Waals surface area (Å²) in [5, 5.41) is 5.28. The van der Waals surface area contributed by atoms with E-state index in [1.54, 1.807) is 20.8 Å². The molecule has 1 atom stereocenters. The van der Waals surface area contributed by atoms with Crippen LogP contribution >= 0.6 is 0 Å². The lowest BCUT2D eigenvalue weighted by Gasteiger charge is -2.19. The number of rotatable bonds is 8.